The SMILES string of the molecule is CCCCc1nc2ccc(Br)cc2c(=O)n1N=Cc1ccc(N(C)C)cc1OCc1ccc([N+](=O)[O-])cc1. The highest BCUT2D eigenvalue weighted by molar-refractivity contribution is 9.10. The normalized spacial score (nSPS) is 11.3. The van der Waals surface area contributed by atoms with Crippen molar-refractivity contribution in [2.24, 2.45) is 5.10 Å². The van der Waals surface area contributed by atoms with E-state index in [4.69, 9.17) is 9.72 Å². The second kappa shape index (κ2) is 12.0. The zero-order valence-electron chi connectivity index (χ0n) is 21.4. The fourth-order valence-electron chi connectivity index (χ4n) is 3.84. The topological polar surface area (TPSA) is 103 Å². The van der Waals surface area contributed by atoms with Crippen LogP contribution in [0.1, 0.15) is 36.7 Å². The Morgan fingerprint density at radius 3 is 2.58 bits per heavy atom. The van der Waals surface area contributed by atoms with Crippen molar-refractivity contribution in [3.8, 4) is 5.75 Å². The number of aryl methyl sites for hydroxylation is 1. The predicted octanol–water partition coefficient (Wildman–Crippen LogP) is 5.94. The second-order valence-electron chi connectivity index (χ2n) is 8.98. The van der Waals surface area contributed by atoms with Crippen LogP contribution >= 0.6 is 15.9 Å². The predicted molar refractivity (Wildman–Crippen MR) is 154 cm³/mol. The number of aromatic nitrogens is 2. The van der Waals surface area contributed by atoms with Crippen LogP contribution < -0.4 is 15.2 Å². The lowest BCUT2D eigenvalue weighted by molar-refractivity contribution is -0.384. The van der Waals surface area contributed by atoms with Crippen LogP contribution in [0.15, 0.2) is 75.0 Å². The van der Waals surface area contributed by atoms with Crippen LogP contribution in [-0.4, -0.2) is 34.9 Å². The number of benzene rings is 3. The van der Waals surface area contributed by atoms with Crippen molar-refractivity contribution in [2.45, 2.75) is 32.8 Å². The number of nitro benzene ring substituents is 1. The fraction of sp³-hybridized carbons (Fsp3) is 0.250. The molecule has 0 atom stereocenters. The highest BCUT2D eigenvalue weighted by atomic mass is 79.9. The Bertz CT molecular complexity index is 1550. The number of ether oxygens (including phenoxy) is 1. The van der Waals surface area contributed by atoms with E-state index in [1.165, 1.54) is 16.8 Å². The molecule has 0 fully saturated rings. The minimum Gasteiger partial charge on any atom is -0.488 e. The summed E-state index contributed by atoms with van der Waals surface area (Å²) in [4.78, 5) is 30.6. The maximum Gasteiger partial charge on any atom is 0.282 e. The maximum atomic E-state index is 13.4. The Hall–Kier alpha value is -4.05. The van der Waals surface area contributed by atoms with Crippen molar-refractivity contribution in [2.75, 3.05) is 19.0 Å². The lowest BCUT2D eigenvalue weighted by atomic mass is 10.1. The monoisotopic (exact) mass is 577 g/mol. The molecule has 0 aliphatic rings. The van der Waals surface area contributed by atoms with Gasteiger partial charge in [0.2, 0.25) is 0 Å². The lowest BCUT2D eigenvalue weighted by Crippen LogP contribution is -2.22. The average Bonchev–Trinajstić information content (AvgIpc) is 2.91. The molecule has 0 saturated carbocycles. The number of hydrogen-bond acceptors (Lipinski definition) is 7. The first-order valence-electron chi connectivity index (χ1n) is 12.2. The van der Waals surface area contributed by atoms with Crippen LogP contribution in [-0.2, 0) is 13.0 Å². The summed E-state index contributed by atoms with van der Waals surface area (Å²) in [5.74, 6) is 1.17. The zero-order chi connectivity index (χ0) is 27.2. The fourth-order valence-corrected chi connectivity index (χ4v) is 4.20. The summed E-state index contributed by atoms with van der Waals surface area (Å²) >= 11 is 3.43. The third-order valence-corrected chi connectivity index (χ3v) is 6.49. The molecule has 1 aromatic heterocycles. The van der Waals surface area contributed by atoms with Crippen molar-refractivity contribution in [1.29, 1.82) is 0 Å². The van der Waals surface area contributed by atoms with Crippen LogP contribution in [0.5, 0.6) is 5.75 Å². The molecular formula is C28H28BrN5O4. The van der Waals surface area contributed by atoms with E-state index in [2.05, 4.69) is 28.0 Å². The first kappa shape index (κ1) is 27.0. The maximum absolute atomic E-state index is 13.4. The molecule has 0 N–H and O–H groups in total. The standard InChI is InChI=1S/C28H28BrN5O4/c1-4-5-6-27-31-25-14-10-21(29)15-24(25)28(35)33(27)30-17-20-9-13-23(32(2)3)16-26(20)38-18-19-7-11-22(12-8-19)34(36)37/h7-17H,4-6,18H2,1-3H3. The van der Waals surface area contributed by atoms with E-state index >= 15 is 0 Å². The van der Waals surface area contributed by atoms with Gasteiger partial charge in [-0.15, -0.1) is 0 Å². The third kappa shape index (κ3) is 6.25. The van der Waals surface area contributed by atoms with Gasteiger partial charge < -0.3 is 9.64 Å². The molecule has 0 aliphatic carbocycles. The van der Waals surface area contributed by atoms with Gasteiger partial charge in [0.25, 0.3) is 11.2 Å². The Labute approximate surface area is 228 Å². The lowest BCUT2D eigenvalue weighted by Gasteiger charge is -2.16. The van der Waals surface area contributed by atoms with Crippen molar-refractivity contribution >= 4 is 44.4 Å². The number of fused-ring (bicyclic) bond motifs is 1. The number of non-ortho nitro benzene ring substituents is 1. The summed E-state index contributed by atoms with van der Waals surface area (Å²) in [6, 6.07) is 17.4. The average molecular weight is 578 g/mol. The molecular weight excluding hydrogens is 550 g/mol. The molecule has 4 rings (SSSR count). The molecule has 0 saturated heterocycles. The van der Waals surface area contributed by atoms with Gasteiger partial charge in [0, 0.05) is 54.4 Å². The van der Waals surface area contributed by atoms with Gasteiger partial charge in [-0.1, -0.05) is 29.3 Å². The molecule has 1 heterocycles. The molecule has 38 heavy (non-hydrogen) atoms. The summed E-state index contributed by atoms with van der Waals surface area (Å²) in [7, 11) is 3.86. The number of halogens is 1. The van der Waals surface area contributed by atoms with Crippen LogP contribution in [0.3, 0.4) is 0 Å². The summed E-state index contributed by atoms with van der Waals surface area (Å²) in [5, 5.41) is 16.0. The van der Waals surface area contributed by atoms with Gasteiger partial charge in [0.1, 0.15) is 18.2 Å². The van der Waals surface area contributed by atoms with Gasteiger partial charge in [-0.25, -0.2) is 4.98 Å². The van der Waals surface area contributed by atoms with E-state index in [-0.39, 0.29) is 17.9 Å². The van der Waals surface area contributed by atoms with Crippen molar-refractivity contribution in [1.82, 2.24) is 9.66 Å². The van der Waals surface area contributed by atoms with Crippen LogP contribution in [0, 0.1) is 10.1 Å². The van der Waals surface area contributed by atoms with Gasteiger partial charge in [-0.3, -0.25) is 14.9 Å². The molecule has 0 bridgehead atoms. The first-order valence-corrected chi connectivity index (χ1v) is 13.0. The van der Waals surface area contributed by atoms with Crippen molar-refractivity contribution < 1.29 is 9.66 Å². The van der Waals surface area contributed by atoms with Crippen molar-refractivity contribution in [3.05, 3.63) is 103 Å². The molecule has 0 amide bonds. The summed E-state index contributed by atoms with van der Waals surface area (Å²) in [6.45, 7) is 2.30. The summed E-state index contributed by atoms with van der Waals surface area (Å²) in [6.07, 6.45) is 4.07. The van der Waals surface area contributed by atoms with E-state index in [0.717, 1.165) is 28.6 Å². The second-order valence-corrected chi connectivity index (χ2v) is 9.90. The quantitative estimate of drug-likeness (QED) is 0.131. The highest BCUT2D eigenvalue weighted by Crippen LogP contribution is 2.25. The van der Waals surface area contributed by atoms with Gasteiger partial charge >= 0.3 is 0 Å². The van der Waals surface area contributed by atoms with Gasteiger partial charge in [0.15, 0.2) is 0 Å². The smallest absolute Gasteiger partial charge is 0.282 e. The molecule has 0 unspecified atom stereocenters. The third-order valence-electron chi connectivity index (χ3n) is 6.00. The summed E-state index contributed by atoms with van der Waals surface area (Å²) in [5.41, 5.74) is 2.82. The van der Waals surface area contributed by atoms with Crippen LogP contribution in [0.4, 0.5) is 11.4 Å². The van der Waals surface area contributed by atoms with E-state index in [0.29, 0.717) is 34.5 Å². The molecule has 0 radical (unpaired) electrons. The molecule has 3 aromatic carbocycles. The number of nitrogens with zero attached hydrogens (tertiary/aromatic N) is 5. The molecule has 0 spiro atoms. The Morgan fingerprint density at radius 2 is 1.89 bits per heavy atom. The van der Waals surface area contributed by atoms with Gasteiger partial charge in [-0.2, -0.15) is 9.78 Å². The minimum absolute atomic E-state index is 0.0246. The zero-order valence-corrected chi connectivity index (χ0v) is 23.0. The number of nitro groups is 1. The van der Waals surface area contributed by atoms with Crippen LogP contribution in [0.2, 0.25) is 0 Å². The minimum atomic E-state index is -0.434. The molecule has 196 valence electrons. The first-order chi connectivity index (χ1) is 18.3. The van der Waals surface area contributed by atoms with Crippen LogP contribution in [0.25, 0.3) is 10.9 Å². The molecule has 4 aromatic rings. The Morgan fingerprint density at radius 1 is 1.13 bits per heavy atom. The largest absolute Gasteiger partial charge is 0.488 e. The molecule has 10 heteroatoms. The van der Waals surface area contributed by atoms with E-state index in [1.807, 2.05) is 49.3 Å². The molecule has 0 aliphatic heterocycles. The van der Waals surface area contributed by atoms with E-state index in [9.17, 15) is 14.9 Å². The van der Waals surface area contributed by atoms with Crippen molar-refractivity contribution in [3.63, 3.8) is 0 Å². The molecule has 9 nitrogen and oxygen atoms in total. The number of rotatable bonds is 10. The Balaban J connectivity index is 1.70. The highest BCUT2D eigenvalue weighted by Gasteiger charge is 2.12. The number of anilines is 1. The van der Waals surface area contributed by atoms with Gasteiger partial charge in [-0.05, 0) is 54.4 Å². The Kier molecular flexibility index (Phi) is 8.52. The van der Waals surface area contributed by atoms with E-state index in [1.54, 1.807) is 24.4 Å². The number of unbranched alkanes of at least 4 members (excludes halogenated alkanes) is 1. The number of hydrogen-bond donors (Lipinski definition) is 0. The summed E-state index contributed by atoms with van der Waals surface area (Å²) < 4.78 is 8.28. The van der Waals surface area contributed by atoms with Gasteiger partial charge in [0.05, 0.1) is 22.0 Å². The van der Waals surface area contributed by atoms with E-state index < -0.39 is 4.92 Å².